The highest BCUT2D eigenvalue weighted by atomic mass is 16.1. The van der Waals surface area contributed by atoms with E-state index < -0.39 is 0 Å². The van der Waals surface area contributed by atoms with Gasteiger partial charge in [-0.3, -0.25) is 4.79 Å². The Morgan fingerprint density at radius 2 is 1.27 bits per heavy atom. The van der Waals surface area contributed by atoms with Crippen molar-refractivity contribution in [2.75, 3.05) is 5.73 Å². The molecule has 1 amide bonds. The summed E-state index contributed by atoms with van der Waals surface area (Å²) in [4.78, 5) is 11.2. The maximum Gasteiger partial charge on any atom is 0.249 e. The number of hydrogen-bond acceptors (Lipinski definition) is 2. The number of amides is 1. The van der Waals surface area contributed by atoms with Crippen LogP contribution in [0.25, 0.3) is 0 Å². The number of primary amides is 1. The average Bonchev–Trinajstić information content (AvgIpc) is 2.11. The Bertz CT molecular complexity index is 380. The van der Waals surface area contributed by atoms with Crippen molar-refractivity contribution in [3.8, 4) is 0 Å². The summed E-state index contributed by atoms with van der Waals surface area (Å²) < 4.78 is 0. The number of carbonyl (C=O) groups is 1. The van der Waals surface area contributed by atoms with Crippen molar-refractivity contribution >= 4 is 11.6 Å². The topological polar surface area (TPSA) is 69.1 Å². The van der Waals surface area contributed by atoms with E-state index in [0.717, 1.165) is 27.9 Å². The Morgan fingerprint density at radius 3 is 1.53 bits per heavy atom. The Kier molecular flexibility index (Phi) is 3.90. The number of nitrogens with two attached hydrogens (primary N) is 2. The predicted molar refractivity (Wildman–Crippen MR) is 65.1 cm³/mol. The molecule has 0 heterocycles. The third kappa shape index (κ3) is 1.96. The molecule has 1 aromatic carbocycles. The van der Waals surface area contributed by atoms with Crippen molar-refractivity contribution in [2.24, 2.45) is 5.73 Å². The van der Waals surface area contributed by atoms with Crippen molar-refractivity contribution in [3.05, 3.63) is 27.8 Å². The fourth-order valence-corrected chi connectivity index (χ4v) is 1.71. The molecule has 0 radical (unpaired) electrons. The molecule has 0 aliphatic heterocycles. The molecule has 0 saturated heterocycles. The van der Waals surface area contributed by atoms with Crippen molar-refractivity contribution < 1.29 is 4.79 Å². The molecule has 0 spiro atoms. The fraction of sp³-hybridized carbons (Fsp3) is 0.417. The molecule has 0 unspecified atom stereocenters. The van der Waals surface area contributed by atoms with Crippen molar-refractivity contribution in [1.29, 1.82) is 0 Å². The zero-order valence-electron chi connectivity index (χ0n) is 9.06. The summed E-state index contributed by atoms with van der Waals surface area (Å²) in [5.41, 5.74) is 16.3. The van der Waals surface area contributed by atoms with Crippen LogP contribution in [-0.4, -0.2) is 5.91 Å². The standard InChI is InChI=1S/C11H16N2O.CH4/c1-5-7(3)10(12)8(4)6(2)9(5)11(13)14;/h12H2,1-4H3,(H2,13,14);1H4. The molecule has 1 rings (SSSR count). The fourth-order valence-electron chi connectivity index (χ4n) is 1.71. The van der Waals surface area contributed by atoms with Crippen molar-refractivity contribution in [3.63, 3.8) is 0 Å². The maximum atomic E-state index is 11.2. The highest BCUT2D eigenvalue weighted by molar-refractivity contribution is 5.97. The summed E-state index contributed by atoms with van der Waals surface area (Å²) in [5, 5.41) is 0. The van der Waals surface area contributed by atoms with Crippen LogP contribution in [-0.2, 0) is 0 Å². The molecule has 84 valence electrons. The van der Waals surface area contributed by atoms with Gasteiger partial charge >= 0.3 is 0 Å². The molecular weight excluding hydrogens is 188 g/mol. The smallest absolute Gasteiger partial charge is 0.249 e. The lowest BCUT2D eigenvalue weighted by Gasteiger charge is -2.15. The van der Waals surface area contributed by atoms with E-state index in [1.165, 1.54) is 0 Å². The average molecular weight is 208 g/mol. The van der Waals surface area contributed by atoms with E-state index in [-0.39, 0.29) is 13.3 Å². The quantitative estimate of drug-likeness (QED) is 0.695. The second-order valence-electron chi connectivity index (χ2n) is 3.65. The van der Waals surface area contributed by atoms with Crippen molar-refractivity contribution in [1.82, 2.24) is 0 Å². The minimum Gasteiger partial charge on any atom is -0.398 e. The number of rotatable bonds is 1. The summed E-state index contributed by atoms with van der Waals surface area (Å²) in [6.45, 7) is 7.56. The first kappa shape index (κ1) is 13.5. The Labute approximate surface area is 91.5 Å². The van der Waals surface area contributed by atoms with E-state index in [2.05, 4.69) is 0 Å². The minimum absolute atomic E-state index is 0. The zero-order valence-corrected chi connectivity index (χ0v) is 9.06. The van der Waals surface area contributed by atoms with E-state index >= 15 is 0 Å². The summed E-state index contributed by atoms with van der Waals surface area (Å²) in [5.74, 6) is -0.383. The Morgan fingerprint density at radius 1 is 0.933 bits per heavy atom. The van der Waals surface area contributed by atoms with Crippen LogP contribution in [0.2, 0.25) is 0 Å². The number of anilines is 1. The van der Waals surface area contributed by atoms with Crippen LogP contribution in [0, 0.1) is 27.7 Å². The van der Waals surface area contributed by atoms with Gasteiger partial charge in [0.25, 0.3) is 0 Å². The van der Waals surface area contributed by atoms with Gasteiger partial charge in [0.2, 0.25) is 5.91 Å². The van der Waals surface area contributed by atoms with E-state index in [0.29, 0.717) is 5.56 Å². The Balaban J connectivity index is 0.00000196. The van der Waals surface area contributed by atoms with Crippen LogP contribution >= 0.6 is 0 Å². The first-order valence-corrected chi connectivity index (χ1v) is 4.53. The number of carbonyl (C=O) groups excluding carboxylic acids is 1. The predicted octanol–water partition coefficient (Wildman–Crippen LogP) is 2.24. The lowest BCUT2D eigenvalue weighted by molar-refractivity contribution is 0.0999. The van der Waals surface area contributed by atoms with Gasteiger partial charge in [-0.05, 0) is 49.9 Å². The molecule has 0 saturated carbocycles. The normalized spacial score (nSPS) is 9.60. The minimum atomic E-state index is -0.383. The summed E-state index contributed by atoms with van der Waals surface area (Å²) in [6, 6.07) is 0. The van der Waals surface area contributed by atoms with Gasteiger partial charge < -0.3 is 11.5 Å². The van der Waals surface area contributed by atoms with Gasteiger partial charge in [0.15, 0.2) is 0 Å². The van der Waals surface area contributed by atoms with E-state index in [9.17, 15) is 4.79 Å². The van der Waals surface area contributed by atoms with Gasteiger partial charge in [-0.1, -0.05) is 7.43 Å². The van der Waals surface area contributed by atoms with Crippen LogP contribution in [0.15, 0.2) is 0 Å². The van der Waals surface area contributed by atoms with Gasteiger partial charge in [-0.2, -0.15) is 0 Å². The van der Waals surface area contributed by atoms with Gasteiger partial charge in [-0.15, -0.1) is 0 Å². The summed E-state index contributed by atoms with van der Waals surface area (Å²) in [7, 11) is 0. The molecule has 1 aromatic rings. The highest BCUT2D eigenvalue weighted by Gasteiger charge is 2.15. The lowest BCUT2D eigenvalue weighted by Crippen LogP contribution is -2.17. The molecule has 0 fully saturated rings. The van der Waals surface area contributed by atoms with Crippen molar-refractivity contribution in [2.45, 2.75) is 35.1 Å². The lowest BCUT2D eigenvalue weighted by atomic mass is 9.92. The van der Waals surface area contributed by atoms with Crippen LogP contribution in [0.3, 0.4) is 0 Å². The maximum absolute atomic E-state index is 11.2. The summed E-state index contributed by atoms with van der Waals surface area (Å²) in [6.07, 6.45) is 0. The summed E-state index contributed by atoms with van der Waals surface area (Å²) >= 11 is 0. The second kappa shape index (κ2) is 4.34. The second-order valence-corrected chi connectivity index (χ2v) is 3.65. The molecular formula is C12H20N2O. The zero-order chi connectivity index (χ0) is 11.0. The first-order chi connectivity index (χ1) is 6.37. The first-order valence-electron chi connectivity index (χ1n) is 4.53. The van der Waals surface area contributed by atoms with Crippen LogP contribution < -0.4 is 11.5 Å². The third-order valence-electron chi connectivity index (χ3n) is 2.93. The van der Waals surface area contributed by atoms with Crippen LogP contribution in [0.1, 0.15) is 40.0 Å². The number of nitrogen functional groups attached to an aromatic ring is 1. The van der Waals surface area contributed by atoms with Crippen LogP contribution in [0.5, 0.6) is 0 Å². The molecule has 0 aliphatic carbocycles. The molecule has 4 N–H and O–H groups in total. The Hall–Kier alpha value is -1.51. The van der Waals surface area contributed by atoms with Gasteiger partial charge in [0.05, 0.1) is 0 Å². The largest absolute Gasteiger partial charge is 0.398 e. The van der Waals surface area contributed by atoms with Crippen LogP contribution in [0.4, 0.5) is 5.69 Å². The number of hydrogen-bond donors (Lipinski definition) is 2. The van der Waals surface area contributed by atoms with E-state index in [4.69, 9.17) is 11.5 Å². The van der Waals surface area contributed by atoms with E-state index in [1.807, 2.05) is 27.7 Å². The van der Waals surface area contributed by atoms with E-state index in [1.54, 1.807) is 0 Å². The van der Waals surface area contributed by atoms with Gasteiger partial charge in [-0.25, -0.2) is 0 Å². The SMILES string of the molecule is C.Cc1c(C)c(C(N)=O)c(C)c(C)c1N. The molecule has 3 heteroatoms. The molecule has 0 bridgehead atoms. The van der Waals surface area contributed by atoms with Gasteiger partial charge in [0.1, 0.15) is 0 Å². The number of benzene rings is 1. The molecule has 0 aromatic heterocycles. The highest BCUT2D eigenvalue weighted by Crippen LogP contribution is 2.27. The molecule has 0 aliphatic rings. The van der Waals surface area contributed by atoms with Gasteiger partial charge in [0, 0.05) is 11.3 Å². The molecule has 0 atom stereocenters. The molecule has 15 heavy (non-hydrogen) atoms. The third-order valence-corrected chi connectivity index (χ3v) is 2.93. The molecule has 3 nitrogen and oxygen atoms in total. The monoisotopic (exact) mass is 208 g/mol.